The van der Waals surface area contributed by atoms with E-state index in [-0.39, 0.29) is 11.0 Å². The Morgan fingerprint density at radius 3 is 0.643 bits per heavy atom. The van der Waals surface area contributed by atoms with Crippen LogP contribution in [-0.4, -0.2) is 40.3 Å². The van der Waals surface area contributed by atoms with Crippen molar-refractivity contribution < 1.29 is 49.4 Å². The summed E-state index contributed by atoms with van der Waals surface area (Å²) in [5, 5.41) is 0. The monoisotopic (exact) mass is 262 g/mol. The smallest absolute Gasteiger partial charge is 0.412 e. The Hall–Kier alpha value is 0.140. The highest BCUT2D eigenvalue weighted by atomic mass is 31.2. The molecule has 0 saturated heterocycles. The quantitative estimate of drug-likeness (QED) is 0.256. The van der Waals surface area contributed by atoms with Crippen molar-refractivity contribution in [3.63, 3.8) is 0 Å². The van der Waals surface area contributed by atoms with Crippen molar-refractivity contribution >= 4 is 15.6 Å². The number of rotatable bonds is 0. The van der Waals surface area contributed by atoms with Gasteiger partial charge in [-0.25, -0.2) is 9.13 Å². The summed E-state index contributed by atoms with van der Waals surface area (Å²) in [4.78, 5) is 43.1. The van der Waals surface area contributed by atoms with E-state index in [2.05, 4.69) is 0 Å². The van der Waals surface area contributed by atoms with Gasteiger partial charge in [0.15, 0.2) is 0 Å². The van der Waals surface area contributed by atoms with Crippen LogP contribution in [0.3, 0.4) is 0 Å². The maximum absolute atomic E-state index is 8.88. The predicted octanol–water partition coefficient (Wildman–Crippen LogP) is -2.48. The molecule has 0 spiro atoms. The second kappa shape index (κ2) is 13.1. The lowest BCUT2D eigenvalue weighted by Crippen LogP contribution is -1.66. The highest BCUT2D eigenvalue weighted by molar-refractivity contribution is 7.45. The highest BCUT2D eigenvalue weighted by Gasteiger charge is 2.00. The minimum absolute atomic E-state index is 0. The van der Waals surface area contributed by atoms with Crippen molar-refractivity contribution in [2.24, 2.45) is 0 Å². The Labute approximate surface area is 79.9 Å². The van der Waals surface area contributed by atoms with E-state index < -0.39 is 15.6 Å². The van der Waals surface area contributed by atoms with Gasteiger partial charge in [-0.3, -0.25) is 0 Å². The number of hydrogen-bond donors (Lipinski definition) is 6. The van der Waals surface area contributed by atoms with Gasteiger partial charge >= 0.3 is 15.6 Å². The Kier molecular flexibility index (Phi) is 27.4. The van der Waals surface area contributed by atoms with Crippen LogP contribution >= 0.6 is 15.6 Å². The molecule has 0 unspecified atom stereocenters. The van der Waals surface area contributed by atoms with Crippen molar-refractivity contribution in [1.82, 2.24) is 0 Å². The maximum atomic E-state index is 8.88. The fraction of sp³-hybridized carbons (Fsp3) is 1.00. The molecule has 0 aliphatic rings. The van der Waals surface area contributed by atoms with Crippen LogP contribution in [0.2, 0.25) is 0 Å². The molecule has 0 aliphatic carbocycles. The van der Waals surface area contributed by atoms with E-state index in [4.69, 9.17) is 38.5 Å². The summed E-state index contributed by atoms with van der Waals surface area (Å²) in [6.45, 7) is 4.00. The molecule has 0 aromatic rings. The second-order valence-corrected chi connectivity index (χ2v) is 3.08. The Balaban J connectivity index is -0.0000000292. The van der Waals surface area contributed by atoms with Crippen LogP contribution in [0, 0.1) is 0 Å². The second-order valence-electron chi connectivity index (χ2n) is 1.03. The van der Waals surface area contributed by atoms with Gasteiger partial charge in [0.25, 0.3) is 0 Å². The lowest BCUT2D eigenvalue weighted by atomic mass is 11.0. The molecule has 0 amide bonds. The zero-order chi connectivity index (χ0) is 11.0. The first-order chi connectivity index (χ1) is 5.00. The third kappa shape index (κ3) is 76900. The minimum Gasteiger partial charge on any atom is -0.412 e. The Morgan fingerprint density at radius 1 is 0.643 bits per heavy atom. The van der Waals surface area contributed by atoms with Gasteiger partial charge in [0.05, 0.1) is 0 Å². The van der Waals surface area contributed by atoms with Crippen LogP contribution in [0.1, 0.15) is 13.8 Å². The first kappa shape index (κ1) is 29.2. The lowest BCUT2D eigenvalue weighted by Gasteiger charge is -1.82. The molecule has 0 fully saturated rings. The van der Waals surface area contributed by atoms with E-state index in [1.807, 2.05) is 13.8 Å². The summed E-state index contributed by atoms with van der Waals surface area (Å²) in [5.41, 5.74) is 0. The standard InChI is InChI=1S/C2H6.2H3O4P.2H2O/c1-2;2*1-5(2,3)4;;/h1-2H3;2*(H3,1,2,3,4);2*1H2. The predicted molar refractivity (Wildman–Crippen MR) is 47.1 cm³/mol. The molecule has 0 aliphatic heterocycles. The van der Waals surface area contributed by atoms with Crippen LogP contribution in [0.4, 0.5) is 0 Å². The third-order valence-electron chi connectivity index (χ3n) is 0. The van der Waals surface area contributed by atoms with Crippen molar-refractivity contribution in [1.29, 1.82) is 0 Å². The number of hydrogen-bond acceptors (Lipinski definition) is 2. The van der Waals surface area contributed by atoms with E-state index in [0.29, 0.717) is 0 Å². The zero-order valence-corrected chi connectivity index (χ0v) is 9.18. The van der Waals surface area contributed by atoms with Crippen LogP contribution in [-0.2, 0) is 9.13 Å². The summed E-state index contributed by atoms with van der Waals surface area (Å²) in [6, 6.07) is 0. The van der Waals surface area contributed by atoms with Gasteiger partial charge in [0.2, 0.25) is 0 Å². The van der Waals surface area contributed by atoms with Crippen LogP contribution in [0.5, 0.6) is 0 Å². The molecule has 94 valence electrons. The average molecular weight is 262 g/mol. The molecule has 14 heavy (non-hydrogen) atoms. The van der Waals surface area contributed by atoms with Crippen molar-refractivity contribution in [3.8, 4) is 0 Å². The van der Waals surface area contributed by atoms with E-state index in [1.165, 1.54) is 0 Å². The summed E-state index contributed by atoms with van der Waals surface area (Å²) < 4.78 is 17.8. The Morgan fingerprint density at radius 2 is 0.643 bits per heavy atom. The molecule has 0 aromatic carbocycles. The van der Waals surface area contributed by atoms with E-state index in [9.17, 15) is 0 Å². The van der Waals surface area contributed by atoms with Gasteiger partial charge in [0, 0.05) is 0 Å². The zero-order valence-electron chi connectivity index (χ0n) is 7.39. The van der Waals surface area contributed by atoms with Gasteiger partial charge in [-0.05, 0) is 0 Å². The molecular weight excluding hydrogens is 246 g/mol. The molecule has 0 atom stereocenters. The van der Waals surface area contributed by atoms with Crippen molar-refractivity contribution in [2.75, 3.05) is 0 Å². The minimum atomic E-state index is -4.64. The van der Waals surface area contributed by atoms with Gasteiger partial charge in [-0.15, -0.1) is 0 Å². The molecule has 10 nitrogen and oxygen atoms in total. The molecule has 12 heteroatoms. The van der Waals surface area contributed by atoms with Crippen molar-refractivity contribution in [3.05, 3.63) is 0 Å². The molecule has 0 aromatic heterocycles. The first-order valence-electron chi connectivity index (χ1n) is 2.57. The maximum Gasteiger partial charge on any atom is 0.466 e. The molecule has 0 bridgehead atoms. The fourth-order valence-corrected chi connectivity index (χ4v) is 0. The van der Waals surface area contributed by atoms with Crippen LogP contribution < -0.4 is 0 Å². The summed E-state index contributed by atoms with van der Waals surface area (Å²) >= 11 is 0. The summed E-state index contributed by atoms with van der Waals surface area (Å²) in [5.74, 6) is 0. The van der Waals surface area contributed by atoms with Gasteiger partial charge in [-0.1, -0.05) is 13.8 Å². The van der Waals surface area contributed by atoms with Crippen molar-refractivity contribution in [2.45, 2.75) is 13.8 Å². The lowest BCUT2D eigenvalue weighted by molar-refractivity contribution is 0.272. The van der Waals surface area contributed by atoms with Crippen LogP contribution in [0.15, 0.2) is 0 Å². The highest BCUT2D eigenvalue weighted by Crippen LogP contribution is 2.26. The topological polar surface area (TPSA) is 219 Å². The SMILES string of the molecule is CC.O.O.O=P(O)(O)O.O=P(O)(O)O. The van der Waals surface area contributed by atoms with Gasteiger partial charge in [0.1, 0.15) is 0 Å². The van der Waals surface area contributed by atoms with Gasteiger partial charge in [-0.2, -0.15) is 0 Å². The number of phosphoric acid groups is 2. The summed E-state index contributed by atoms with van der Waals surface area (Å²) in [6.07, 6.45) is 0. The molecular formula is C2H16O10P2. The van der Waals surface area contributed by atoms with Crippen LogP contribution in [0.25, 0.3) is 0 Å². The fourth-order valence-electron chi connectivity index (χ4n) is 0. The molecule has 0 rings (SSSR count). The molecule has 0 saturated carbocycles. The van der Waals surface area contributed by atoms with E-state index >= 15 is 0 Å². The van der Waals surface area contributed by atoms with Gasteiger partial charge < -0.3 is 40.3 Å². The normalized spacial score (nSPS) is 8.86. The first-order valence-corrected chi connectivity index (χ1v) is 5.70. The average Bonchev–Trinajstić information content (AvgIpc) is 1.59. The molecule has 0 radical (unpaired) electrons. The Bertz CT molecular complexity index is 128. The largest absolute Gasteiger partial charge is 0.466 e. The summed E-state index contributed by atoms with van der Waals surface area (Å²) in [7, 11) is -9.28. The van der Waals surface area contributed by atoms with E-state index in [1.54, 1.807) is 0 Å². The third-order valence-corrected chi connectivity index (χ3v) is 0. The van der Waals surface area contributed by atoms with E-state index in [0.717, 1.165) is 0 Å². The molecule has 10 N–H and O–H groups in total. The molecule has 0 heterocycles.